The van der Waals surface area contributed by atoms with Gasteiger partial charge >= 0.3 is 13.8 Å². The number of phosphoric acid groups is 1. The Hall–Kier alpha value is -1.02. The fourth-order valence-corrected chi connectivity index (χ4v) is 6.58. The normalized spacial score (nSPS) is 14.0. The number of nitrogens with zero attached hydrogens (tertiary/aromatic N) is 1. The Bertz CT molecular complexity index is 889. The van der Waals surface area contributed by atoms with Gasteiger partial charge in [0.05, 0.1) is 34.4 Å². The highest BCUT2D eigenvalue weighted by Gasteiger charge is 2.26. The Morgan fingerprint density at radius 3 is 1.46 bits per heavy atom. The maximum Gasteiger partial charge on any atom is 0.472 e. The van der Waals surface area contributed by atoms with Crippen LogP contribution in [0.15, 0.2) is 24.3 Å². The van der Waals surface area contributed by atoms with Gasteiger partial charge in [-0.15, -0.1) is 0 Å². The molecule has 0 rings (SSSR count). The minimum atomic E-state index is -4.27. The van der Waals surface area contributed by atoms with Gasteiger partial charge in [-0.3, -0.25) is 13.8 Å². The number of ether oxygens (including phenoxy) is 2. The van der Waals surface area contributed by atoms with Crippen LogP contribution in [0.5, 0.6) is 0 Å². The van der Waals surface area contributed by atoms with Crippen LogP contribution in [-0.4, -0.2) is 75.6 Å². The summed E-state index contributed by atoms with van der Waals surface area (Å²) in [6, 6.07) is 0. The summed E-state index contributed by atoms with van der Waals surface area (Å²) < 4.78 is 34.9. The van der Waals surface area contributed by atoms with Gasteiger partial charge in [0, 0.05) is 13.0 Å². The molecule has 2 atom stereocenters. The molecule has 8 nitrogen and oxygen atoms in total. The summed E-state index contributed by atoms with van der Waals surface area (Å²) in [5, 5.41) is 0. The van der Waals surface area contributed by atoms with Gasteiger partial charge < -0.3 is 18.9 Å². The predicted molar refractivity (Wildman–Crippen MR) is 220 cm³/mol. The monoisotopic (exact) mass is 759 g/mol. The molecule has 0 aliphatic heterocycles. The van der Waals surface area contributed by atoms with Gasteiger partial charge in [0.15, 0.2) is 0 Å². The lowest BCUT2D eigenvalue weighted by Crippen LogP contribution is -2.37. The first-order valence-corrected chi connectivity index (χ1v) is 23.1. The van der Waals surface area contributed by atoms with Crippen LogP contribution in [0.3, 0.4) is 0 Å². The number of allylic oxidation sites excluding steroid dienone is 4. The molecule has 0 aliphatic rings. The molecule has 52 heavy (non-hydrogen) atoms. The van der Waals surface area contributed by atoms with Crippen molar-refractivity contribution in [2.45, 2.75) is 193 Å². The fourth-order valence-electron chi connectivity index (χ4n) is 5.84. The zero-order valence-corrected chi connectivity index (χ0v) is 35.7. The molecule has 0 spiro atoms. The molecular weight excluding hydrogens is 673 g/mol. The number of hydrogen-bond acceptors (Lipinski definition) is 6. The van der Waals surface area contributed by atoms with E-state index in [1.807, 2.05) is 21.1 Å². The molecule has 0 aromatic rings. The second-order valence-corrected chi connectivity index (χ2v) is 17.2. The van der Waals surface area contributed by atoms with E-state index in [0.717, 1.165) is 44.9 Å². The molecule has 0 saturated carbocycles. The van der Waals surface area contributed by atoms with Gasteiger partial charge in [-0.1, -0.05) is 141 Å². The van der Waals surface area contributed by atoms with E-state index >= 15 is 0 Å². The Morgan fingerprint density at radius 1 is 0.577 bits per heavy atom. The summed E-state index contributed by atoms with van der Waals surface area (Å²) in [5.74, 6) is -0.324. The smallest absolute Gasteiger partial charge is 0.457 e. The molecule has 9 heteroatoms. The molecule has 0 fully saturated rings. The van der Waals surface area contributed by atoms with Crippen molar-refractivity contribution in [1.29, 1.82) is 0 Å². The number of hydrogen-bond donors (Lipinski definition) is 1. The Balaban J connectivity index is 4.26. The number of carbonyl (C=O) groups is 1. The minimum absolute atomic E-state index is 0.0869. The van der Waals surface area contributed by atoms with Crippen molar-refractivity contribution in [2.75, 3.05) is 54.1 Å². The fraction of sp³-hybridized carbons (Fsp3) is 0.884. The van der Waals surface area contributed by atoms with Crippen LogP contribution in [0.2, 0.25) is 0 Å². The van der Waals surface area contributed by atoms with Crippen LogP contribution >= 0.6 is 7.82 Å². The van der Waals surface area contributed by atoms with Gasteiger partial charge in [-0.25, -0.2) is 4.57 Å². The first kappa shape index (κ1) is 51.0. The molecule has 0 bridgehead atoms. The lowest BCUT2D eigenvalue weighted by molar-refractivity contribution is -0.870. The highest BCUT2D eigenvalue weighted by Crippen LogP contribution is 2.43. The van der Waals surface area contributed by atoms with Gasteiger partial charge in [0.2, 0.25) is 0 Å². The molecule has 0 radical (unpaired) electrons. The predicted octanol–water partition coefficient (Wildman–Crippen LogP) is 12.4. The van der Waals surface area contributed by atoms with E-state index in [0.29, 0.717) is 24.1 Å². The second-order valence-electron chi connectivity index (χ2n) is 15.7. The van der Waals surface area contributed by atoms with Crippen LogP contribution in [0.4, 0.5) is 0 Å². The zero-order valence-electron chi connectivity index (χ0n) is 34.8. The van der Waals surface area contributed by atoms with E-state index in [1.54, 1.807) is 0 Å². The number of likely N-dealkylation sites (N-methyl/N-ethyl adjacent to an activating group) is 1. The molecule has 0 amide bonds. The zero-order chi connectivity index (χ0) is 38.4. The summed E-state index contributed by atoms with van der Waals surface area (Å²) in [6.07, 6.45) is 40.6. The van der Waals surface area contributed by atoms with Gasteiger partial charge in [-0.2, -0.15) is 0 Å². The van der Waals surface area contributed by atoms with Crippen molar-refractivity contribution in [3.8, 4) is 0 Å². The van der Waals surface area contributed by atoms with Gasteiger partial charge in [0.1, 0.15) is 19.3 Å². The molecule has 308 valence electrons. The number of carbonyl (C=O) groups excluding carboxylic acids is 1. The van der Waals surface area contributed by atoms with E-state index in [9.17, 15) is 14.3 Å². The van der Waals surface area contributed by atoms with Crippen molar-refractivity contribution < 1.29 is 37.3 Å². The van der Waals surface area contributed by atoms with Crippen LogP contribution in [0.25, 0.3) is 0 Å². The van der Waals surface area contributed by atoms with Crippen LogP contribution < -0.4 is 0 Å². The molecule has 0 aromatic heterocycles. The van der Waals surface area contributed by atoms with Crippen LogP contribution in [-0.2, 0) is 27.9 Å². The van der Waals surface area contributed by atoms with Gasteiger partial charge in [0.25, 0.3) is 0 Å². The molecule has 0 aliphatic carbocycles. The summed E-state index contributed by atoms with van der Waals surface area (Å²) >= 11 is 0. The summed E-state index contributed by atoms with van der Waals surface area (Å²) in [7, 11) is 1.66. The van der Waals surface area contributed by atoms with E-state index in [1.165, 1.54) is 122 Å². The van der Waals surface area contributed by atoms with E-state index in [4.69, 9.17) is 18.5 Å². The van der Waals surface area contributed by atoms with Gasteiger partial charge in [-0.05, 0) is 64.2 Å². The maximum absolute atomic E-state index is 12.7. The minimum Gasteiger partial charge on any atom is -0.457 e. The van der Waals surface area contributed by atoms with Crippen molar-refractivity contribution in [2.24, 2.45) is 0 Å². The Labute approximate surface area is 322 Å². The molecule has 2 unspecified atom stereocenters. The average molecular weight is 759 g/mol. The molecule has 0 heterocycles. The summed E-state index contributed by atoms with van der Waals surface area (Å²) in [5.41, 5.74) is 0. The summed E-state index contributed by atoms with van der Waals surface area (Å²) in [4.78, 5) is 22.8. The first-order chi connectivity index (χ1) is 25.1. The third-order valence-electron chi connectivity index (χ3n) is 9.24. The molecular formula is C43H85NO7P+. The third-order valence-corrected chi connectivity index (χ3v) is 10.2. The SMILES string of the molecule is CCCCCCC/C=C\CCCCCCCCOCC(COP(=O)(O)OCC[N+](C)(C)C)OC(=O)CCCCCCC/C=C\CCCCCCCC. The topological polar surface area (TPSA) is 91.3 Å². The third kappa shape index (κ3) is 40.2. The Kier molecular flexibility index (Phi) is 36.2. The highest BCUT2D eigenvalue weighted by atomic mass is 31.2. The quantitative estimate of drug-likeness (QED) is 0.0219. The molecule has 0 saturated heterocycles. The van der Waals surface area contributed by atoms with Crippen molar-refractivity contribution in [3.05, 3.63) is 24.3 Å². The van der Waals surface area contributed by atoms with Crippen LogP contribution in [0, 0.1) is 0 Å². The van der Waals surface area contributed by atoms with Crippen molar-refractivity contribution in [3.63, 3.8) is 0 Å². The Morgan fingerprint density at radius 2 is 1.00 bits per heavy atom. The second kappa shape index (κ2) is 36.9. The van der Waals surface area contributed by atoms with Crippen molar-refractivity contribution >= 4 is 13.8 Å². The maximum atomic E-state index is 12.7. The lowest BCUT2D eigenvalue weighted by Gasteiger charge is -2.24. The number of rotatable bonds is 40. The van der Waals surface area contributed by atoms with E-state index < -0.39 is 13.9 Å². The number of quaternary nitrogens is 1. The first-order valence-electron chi connectivity index (χ1n) is 21.6. The van der Waals surface area contributed by atoms with Crippen LogP contribution in [0.1, 0.15) is 187 Å². The lowest BCUT2D eigenvalue weighted by atomic mass is 10.1. The molecule has 1 N–H and O–H groups in total. The van der Waals surface area contributed by atoms with E-state index in [2.05, 4.69) is 38.2 Å². The number of esters is 1. The van der Waals surface area contributed by atoms with E-state index in [-0.39, 0.29) is 25.8 Å². The molecule has 0 aromatic carbocycles. The number of unbranched alkanes of at least 4 members (excludes halogenated alkanes) is 22. The number of phosphoric ester groups is 1. The average Bonchev–Trinajstić information content (AvgIpc) is 3.09. The summed E-state index contributed by atoms with van der Waals surface area (Å²) in [6.45, 7) is 5.60. The standard InChI is InChI=1S/C43H84NO7P/c1-6-8-10-12-14-16-18-20-22-24-26-28-30-32-34-36-43(45)51-42(41-50-52(46,47)49-39-37-44(3,4)5)40-48-38-35-33-31-29-27-25-23-21-19-17-15-13-11-9-7-2/h19-22,42H,6-18,23-41H2,1-5H3/p+1/b21-19-,22-20-. The highest BCUT2D eigenvalue weighted by molar-refractivity contribution is 7.47. The largest absolute Gasteiger partial charge is 0.472 e. The van der Waals surface area contributed by atoms with Crippen molar-refractivity contribution in [1.82, 2.24) is 0 Å².